The number of rotatable bonds is 7. The van der Waals surface area contributed by atoms with Gasteiger partial charge in [0.05, 0.1) is 0 Å². The number of nitrogens with zero attached hydrogens (tertiary/aromatic N) is 2. The second-order valence-electron chi connectivity index (χ2n) is 6.08. The van der Waals surface area contributed by atoms with Crippen molar-refractivity contribution in [3.8, 4) is 0 Å². The molecule has 126 valence electrons. The van der Waals surface area contributed by atoms with Gasteiger partial charge < -0.3 is 15.5 Å². The van der Waals surface area contributed by atoms with Crippen molar-refractivity contribution in [1.29, 1.82) is 0 Å². The Balaban J connectivity index is 0.00000400. The SMILES string of the molecule is CCC(C)NC(=NC)NCCCN(C)C1CCCCC1.I. The highest BCUT2D eigenvalue weighted by atomic mass is 127. The van der Waals surface area contributed by atoms with Crippen molar-refractivity contribution in [2.75, 3.05) is 27.2 Å². The summed E-state index contributed by atoms with van der Waals surface area (Å²) in [4.78, 5) is 6.81. The maximum atomic E-state index is 4.26. The zero-order valence-corrected chi connectivity index (χ0v) is 16.7. The highest BCUT2D eigenvalue weighted by Crippen LogP contribution is 2.21. The molecule has 0 saturated heterocycles. The lowest BCUT2D eigenvalue weighted by Gasteiger charge is -2.31. The Morgan fingerprint density at radius 3 is 2.52 bits per heavy atom. The number of hydrogen-bond donors (Lipinski definition) is 2. The van der Waals surface area contributed by atoms with Crippen molar-refractivity contribution in [3.63, 3.8) is 0 Å². The van der Waals surface area contributed by atoms with Crippen LogP contribution in [0.1, 0.15) is 58.8 Å². The topological polar surface area (TPSA) is 39.7 Å². The summed E-state index contributed by atoms with van der Waals surface area (Å²) >= 11 is 0. The van der Waals surface area contributed by atoms with Crippen LogP contribution in [0, 0.1) is 0 Å². The molecule has 0 amide bonds. The first kappa shape index (κ1) is 21.0. The van der Waals surface area contributed by atoms with Crippen LogP contribution in [0.2, 0.25) is 0 Å². The number of nitrogens with one attached hydrogen (secondary N) is 2. The van der Waals surface area contributed by atoms with Crippen molar-refractivity contribution in [2.45, 2.75) is 70.9 Å². The lowest BCUT2D eigenvalue weighted by molar-refractivity contribution is 0.190. The van der Waals surface area contributed by atoms with Gasteiger partial charge >= 0.3 is 0 Å². The predicted molar refractivity (Wildman–Crippen MR) is 104 cm³/mol. The highest BCUT2D eigenvalue weighted by Gasteiger charge is 2.17. The fraction of sp³-hybridized carbons (Fsp3) is 0.938. The van der Waals surface area contributed by atoms with Crippen LogP contribution in [-0.4, -0.2) is 50.1 Å². The zero-order chi connectivity index (χ0) is 14.8. The second kappa shape index (κ2) is 12.5. The van der Waals surface area contributed by atoms with Crippen molar-refractivity contribution < 1.29 is 0 Å². The number of aliphatic imine (C=N–C) groups is 1. The van der Waals surface area contributed by atoms with Crippen LogP contribution in [-0.2, 0) is 0 Å². The van der Waals surface area contributed by atoms with Crippen LogP contribution in [0.4, 0.5) is 0 Å². The maximum Gasteiger partial charge on any atom is 0.191 e. The third-order valence-corrected chi connectivity index (χ3v) is 4.40. The summed E-state index contributed by atoms with van der Waals surface area (Å²) < 4.78 is 0. The molecule has 1 rings (SSSR count). The minimum Gasteiger partial charge on any atom is -0.356 e. The summed E-state index contributed by atoms with van der Waals surface area (Å²) in [5, 5.41) is 6.80. The lowest BCUT2D eigenvalue weighted by atomic mass is 9.94. The fourth-order valence-electron chi connectivity index (χ4n) is 2.77. The van der Waals surface area contributed by atoms with Gasteiger partial charge in [-0.2, -0.15) is 0 Å². The minimum absolute atomic E-state index is 0. The van der Waals surface area contributed by atoms with Crippen molar-refractivity contribution in [1.82, 2.24) is 15.5 Å². The smallest absolute Gasteiger partial charge is 0.191 e. The van der Waals surface area contributed by atoms with E-state index in [9.17, 15) is 0 Å². The van der Waals surface area contributed by atoms with E-state index in [-0.39, 0.29) is 24.0 Å². The molecule has 1 unspecified atom stereocenters. The van der Waals surface area contributed by atoms with Crippen LogP contribution >= 0.6 is 24.0 Å². The molecule has 0 heterocycles. The standard InChI is InChI=1S/C16H34N4.HI/c1-5-14(2)19-16(17-3)18-12-9-13-20(4)15-10-7-6-8-11-15;/h14-15H,5-13H2,1-4H3,(H2,17,18,19);1H. The average molecular weight is 410 g/mol. The normalized spacial score (nSPS) is 18.2. The van der Waals surface area contributed by atoms with Crippen LogP contribution in [0.3, 0.4) is 0 Å². The summed E-state index contributed by atoms with van der Waals surface area (Å²) in [6.07, 6.45) is 9.34. The quantitative estimate of drug-likeness (QED) is 0.293. The maximum absolute atomic E-state index is 4.26. The second-order valence-corrected chi connectivity index (χ2v) is 6.08. The van der Waals surface area contributed by atoms with Crippen LogP contribution in [0.5, 0.6) is 0 Å². The van der Waals surface area contributed by atoms with Crippen molar-refractivity contribution in [3.05, 3.63) is 0 Å². The first-order valence-electron chi connectivity index (χ1n) is 8.34. The molecule has 1 fully saturated rings. The molecular formula is C16H35IN4. The highest BCUT2D eigenvalue weighted by molar-refractivity contribution is 14.0. The Bertz CT molecular complexity index is 277. The van der Waals surface area contributed by atoms with Gasteiger partial charge in [0, 0.05) is 25.7 Å². The van der Waals surface area contributed by atoms with E-state index in [2.05, 4.69) is 41.4 Å². The van der Waals surface area contributed by atoms with Gasteiger partial charge in [-0.05, 0) is 46.2 Å². The third-order valence-electron chi connectivity index (χ3n) is 4.40. The summed E-state index contributed by atoms with van der Waals surface area (Å²) in [7, 11) is 4.12. The number of halogens is 1. The van der Waals surface area contributed by atoms with Gasteiger partial charge in [0.15, 0.2) is 5.96 Å². The molecule has 5 heteroatoms. The van der Waals surface area contributed by atoms with Crippen molar-refractivity contribution >= 4 is 29.9 Å². The number of guanidine groups is 1. The molecule has 1 aliphatic rings. The van der Waals surface area contributed by atoms with Gasteiger partial charge in [0.25, 0.3) is 0 Å². The fourth-order valence-corrected chi connectivity index (χ4v) is 2.77. The molecule has 2 N–H and O–H groups in total. The number of hydrogen-bond acceptors (Lipinski definition) is 2. The summed E-state index contributed by atoms with van der Waals surface area (Å²) in [5.41, 5.74) is 0. The molecule has 21 heavy (non-hydrogen) atoms. The van der Waals surface area contributed by atoms with Gasteiger partial charge in [-0.3, -0.25) is 4.99 Å². The first-order chi connectivity index (χ1) is 9.67. The van der Waals surface area contributed by atoms with E-state index in [4.69, 9.17) is 0 Å². The summed E-state index contributed by atoms with van der Waals surface area (Å²) in [5.74, 6) is 0.930. The molecule has 1 aliphatic carbocycles. The van der Waals surface area contributed by atoms with Crippen LogP contribution in [0.15, 0.2) is 4.99 Å². The molecule has 0 aliphatic heterocycles. The molecule has 0 spiro atoms. The van der Waals surface area contributed by atoms with Crippen molar-refractivity contribution in [2.24, 2.45) is 4.99 Å². The van der Waals surface area contributed by atoms with Gasteiger partial charge in [-0.15, -0.1) is 24.0 Å². The molecule has 0 aromatic carbocycles. The Morgan fingerprint density at radius 2 is 1.95 bits per heavy atom. The zero-order valence-electron chi connectivity index (χ0n) is 14.3. The molecule has 1 saturated carbocycles. The molecule has 0 radical (unpaired) electrons. The van der Waals surface area contributed by atoms with Gasteiger partial charge in [0.2, 0.25) is 0 Å². The molecule has 0 aromatic rings. The largest absolute Gasteiger partial charge is 0.356 e. The molecular weight excluding hydrogens is 375 g/mol. The van der Waals surface area contributed by atoms with E-state index < -0.39 is 0 Å². The van der Waals surface area contributed by atoms with E-state index in [0.717, 1.165) is 25.0 Å². The first-order valence-corrected chi connectivity index (χ1v) is 8.34. The van der Waals surface area contributed by atoms with Gasteiger partial charge in [-0.1, -0.05) is 26.2 Å². The third kappa shape index (κ3) is 8.86. The summed E-state index contributed by atoms with van der Waals surface area (Å²) in [6.45, 7) is 6.54. The molecule has 0 bridgehead atoms. The Morgan fingerprint density at radius 1 is 1.29 bits per heavy atom. The lowest BCUT2D eigenvalue weighted by Crippen LogP contribution is -2.43. The van der Waals surface area contributed by atoms with Crippen LogP contribution < -0.4 is 10.6 Å². The van der Waals surface area contributed by atoms with Gasteiger partial charge in [-0.25, -0.2) is 0 Å². The Kier molecular flexibility index (Phi) is 12.5. The molecule has 4 nitrogen and oxygen atoms in total. The van der Waals surface area contributed by atoms with E-state index in [0.29, 0.717) is 6.04 Å². The summed E-state index contributed by atoms with van der Waals surface area (Å²) in [6, 6.07) is 1.30. The van der Waals surface area contributed by atoms with E-state index in [1.165, 1.54) is 45.1 Å². The minimum atomic E-state index is 0. The van der Waals surface area contributed by atoms with E-state index >= 15 is 0 Å². The predicted octanol–water partition coefficient (Wildman–Crippen LogP) is 3.22. The molecule has 0 aromatic heterocycles. The Labute approximate surface area is 148 Å². The van der Waals surface area contributed by atoms with E-state index in [1.807, 2.05) is 7.05 Å². The monoisotopic (exact) mass is 410 g/mol. The van der Waals surface area contributed by atoms with E-state index in [1.54, 1.807) is 0 Å². The van der Waals surface area contributed by atoms with Gasteiger partial charge in [0.1, 0.15) is 0 Å². The average Bonchev–Trinajstić information content (AvgIpc) is 2.50. The Hall–Kier alpha value is -0.0400. The van der Waals surface area contributed by atoms with Crippen LogP contribution in [0.25, 0.3) is 0 Å². The molecule has 1 atom stereocenters.